The van der Waals surface area contributed by atoms with Gasteiger partial charge in [0.05, 0.1) is 7.11 Å². The van der Waals surface area contributed by atoms with Crippen LogP contribution in [0.15, 0.2) is 35.1 Å². The molecule has 2 fully saturated rings. The van der Waals surface area contributed by atoms with E-state index in [-0.39, 0.29) is 11.4 Å². The molecule has 3 aliphatic rings. The molecule has 2 aromatic rings. The molecule has 5 nitrogen and oxygen atoms in total. The summed E-state index contributed by atoms with van der Waals surface area (Å²) in [5.74, 6) is 1.18. The van der Waals surface area contributed by atoms with Gasteiger partial charge in [0.1, 0.15) is 11.6 Å². The molecule has 6 heteroatoms. The molecule has 4 heterocycles. The first-order valence-corrected chi connectivity index (χ1v) is 11.1. The molecule has 0 unspecified atom stereocenters. The predicted molar refractivity (Wildman–Crippen MR) is 114 cm³/mol. The van der Waals surface area contributed by atoms with Crippen LogP contribution in [0, 0.1) is 11.7 Å². The van der Waals surface area contributed by atoms with E-state index in [9.17, 15) is 9.18 Å². The highest BCUT2D eigenvalue weighted by molar-refractivity contribution is 5.34. The molecule has 0 radical (unpaired) electrons. The maximum absolute atomic E-state index is 13.5. The average molecular weight is 412 g/mol. The third kappa shape index (κ3) is 3.79. The number of rotatable bonds is 5. The number of piperidine rings is 1. The number of aromatic nitrogens is 1. The Bertz CT molecular complexity index is 983. The molecule has 160 valence electrons. The fraction of sp³-hybridized carbons (Fsp3) is 0.542. The van der Waals surface area contributed by atoms with Gasteiger partial charge in [0.25, 0.3) is 5.56 Å². The molecule has 1 aromatic heterocycles. The largest absolute Gasteiger partial charge is 0.496 e. The summed E-state index contributed by atoms with van der Waals surface area (Å²) < 4.78 is 21.0. The summed E-state index contributed by atoms with van der Waals surface area (Å²) in [5, 5.41) is 0. The number of halogens is 1. The summed E-state index contributed by atoms with van der Waals surface area (Å²) in [4.78, 5) is 18.0. The van der Waals surface area contributed by atoms with Crippen molar-refractivity contribution in [2.45, 2.75) is 44.8 Å². The molecule has 1 aromatic carbocycles. The quantitative estimate of drug-likeness (QED) is 0.757. The molecule has 0 aliphatic carbocycles. The second-order valence-corrected chi connectivity index (χ2v) is 9.13. The molecule has 2 bridgehead atoms. The van der Waals surface area contributed by atoms with E-state index >= 15 is 0 Å². The summed E-state index contributed by atoms with van der Waals surface area (Å²) in [5.41, 5.74) is 3.34. The maximum atomic E-state index is 13.5. The van der Waals surface area contributed by atoms with Gasteiger partial charge in [-0.15, -0.1) is 0 Å². The Morgan fingerprint density at radius 2 is 1.77 bits per heavy atom. The zero-order valence-electron chi connectivity index (χ0n) is 17.6. The van der Waals surface area contributed by atoms with Gasteiger partial charge in [-0.2, -0.15) is 0 Å². The molecule has 0 saturated carbocycles. The van der Waals surface area contributed by atoms with Gasteiger partial charge in [0, 0.05) is 61.5 Å². The second-order valence-electron chi connectivity index (χ2n) is 9.13. The standard InChI is InChI=1S/C24H30FN3O2/c1-30-23-11-21(25)6-4-18(23)14-27-12-17-10-20(16-27)22-7-5-19(24(29)28(22)13-17)15-26-8-2-3-9-26/h4-7,11,17,20H,2-3,8-10,12-16H2,1H3/t17-,20+/m0/s1. The summed E-state index contributed by atoms with van der Waals surface area (Å²) >= 11 is 0. The number of likely N-dealkylation sites (tertiary alicyclic amines) is 2. The van der Waals surface area contributed by atoms with Gasteiger partial charge in [0.15, 0.2) is 0 Å². The van der Waals surface area contributed by atoms with Crippen molar-refractivity contribution in [1.82, 2.24) is 14.4 Å². The molecular weight excluding hydrogens is 381 g/mol. The van der Waals surface area contributed by atoms with Crippen LogP contribution in [0.1, 0.15) is 42.0 Å². The Morgan fingerprint density at radius 3 is 2.57 bits per heavy atom. The maximum Gasteiger partial charge on any atom is 0.255 e. The van der Waals surface area contributed by atoms with Gasteiger partial charge in [-0.25, -0.2) is 4.39 Å². The van der Waals surface area contributed by atoms with Crippen LogP contribution >= 0.6 is 0 Å². The Hall–Kier alpha value is -2.18. The van der Waals surface area contributed by atoms with Crippen molar-refractivity contribution in [2.24, 2.45) is 5.92 Å². The van der Waals surface area contributed by atoms with Crippen molar-refractivity contribution < 1.29 is 9.13 Å². The summed E-state index contributed by atoms with van der Waals surface area (Å²) in [7, 11) is 1.59. The van der Waals surface area contributed by atoms with Gasteiger partial charge in [-0.3, -0.25) is 14.6 Å². The van der Waals surface area contributed by atoms with Crippen LogP contribution in [0.25, 0.3) is 0 Å². The van der Waals surface area contributed by atoms with E-state index < -0.39 is 0 Å². The predicted octanol–water partition coefficient (Wildman–Crippen LogP) is 3.21. The SMILES string of the molecule is COc1cc(F)ccc1CN1C[C@@H]2C[C@H](C1)c1ccc(CN3CCCC3)c(=O)n1C2. The van der Waals surface area contributed by atoms with Crippen LogP contribution < -0.4 is 10.3 Å². The highest BCUT2D eigenvalue weighted by atomic mass is 19.1. The number of ether oxygens (including phenoxy) is 1. The van der Waals surface area contributed by atoms with E-state index in [1.165, 1.54) is 30.7 Å². The molecular formula is C24H30FN3O2. The number of nitrogens with zero attached hydrogens (tertiary/aromatic N) is 3. The number of pyridine rings is 1. The third-order valence-electron chi connectivity index (χ3n) is 6.99. The number of hydrogen-bond donors (Lipinski definition) is 0. The zero-order valence-corrected chi connectivity index (χ0v) is 17.6. The summed E-state index contributed by atoms with van der Waals surface area (Å²) in [6.45, 7) is 6.41. The molecule has 30 heavy (non-hydrogen) atoms. The van der Waals surface area contributed by atoms with Gasteiger partial charge in [0.2, 0.25) is 0 Å². The van der Waals surface area contributed by atoms with Crippen molar-refractivity contribution in [3.8, 4) is 5.75 Å². The van der Waals surface area contributed by atoms with Crippen LogP contribution in [0.2, 0.25) is 0 Å². The lowest BCUT2D eigenvalue weighted by atomic mass is 9.82. The fourth-order valence-electron chi connectivity index (χ4n) is 5.61. The van der Waals surface area contributed by atoms with E-state index in [0.717, 1.165) is 63.4 Å². The van der Waals surface area contributed by atoms with E-state index in [4.69, 9.17) is 4.74 Å². The molecule has 0 amide bonds. The lowest BCUT2D eigenvalue weighted by Gasteiger charge is -2.43. The van der Waals surface area contributed by atoms with E-state index in [2.05, 4.69) is 26.5 Å². The Kier molecular flexibility index (Phi) is 5.37. The van der Waals surface area contributed by atoms with E-state index in [0.29, 0.717) is 17.6 Å². The van der Waals surface area contributed by atoms with Gasteiger partial charge >= 0.3 is 0 Å². The van der Waals surface area contributed by atoms with Crippen LogP contribution in [-0.2, 0) is 19.6 Å². The smallest absolute Gasteiger partial charge is 0.255 e. The molecule has 5 rings (SSSR count). The first-order chi connectivity index (χ1) is 14.6. The first-order valence-electron chi connectivity index (χ1n) is 11.1. The molecule has 0 N–H and O–H groups in total. The van der Waals surface area contributed by atoms with Crippen molar-refractivity contribution in [2.75, 3.05) is 33.3 Å². The normalized spacial score (nSPS) is 24.1. The van der Waals surface area contributed by atoms with Crippen molar-refractivity contribution in [3.63, 3.8) is 0 Å². The minimum Gasteiger partial charge on any atom is -0.496 e. The van der Waals surface area contributed by atoms with E-state index in [1.54, 1.807) is 7.11 Å². The minimum atomic E-state index is -0.274. The molecule has 0 spiro atoms. The van der Waals surface area contributed by atoms with Gasteiger partial charge < -0.3 is 9.30 Å². The lowest BCUT2D eigenvalue weighted by Crippen LogP contribution is -2.47. The highest BCUT2D eigenvalue weighted by Crippen LogP contribution is 2.36. The molecule has 2 saturated heterocycles. The van der Waals surface area contributed by atoms with Crippen molar-refractivity contribution >= 4 is 0 Å². The number of benzene rings is 1. The topological polar surface area (TPSA) is 37.7 Å². The number of methoxy groups -OCH3 is 1. The Labute approximate surface area is 177 Å². The second kappa shape index (κ2) is 8.16. The molecule has 2 atom stereocenters. The lowest BCUT2D eigenvalue weighted by molar-refractivity contribution is 0.113. The Balaban J connectivity index is 1.35. The third-order valence-corrected chi connectivity index (χ3v) is 6.99. The summed E-state index contributed by atoms with van der Waals surface area (Å²) in [6, 6.07) is 9.03. The average Bonchev–Trinajstić information content (AvgIpc) is 3.25. The highest BCUT2D eigenvalue weighted by Gasteiger charge is 2.35. The van der Waals surface area contributed by atoms with Gasteiger partial charge in [-0.05, 0) is 50.4 Å². The monoisotopic (exact) mass is 411 g/mol. The number of fused-ring (bicyclic) bond motifs is 4. The van der Waals surface area contributed by atoms with Gasteiger partial charge in [-0.1, -0.05) is 12.1 Å². The van der Waals surface area contributed by atoms with Crippen LogP contribution in [0.3, 0.4) is 0 Å². The fourth-order valence-corrected chi connectivity index (χ4v) is 5.61. The van der Waals surface area contributed by atoms with E-state index in [1.807, 2.05) is 6.07 Å². The van der Waals surface area contributed by atoms with Crippen LogP contribution in [0.4, 0.5) is 4.39 Å². The first kappa shape index (κ1) is 19.8. The minimum absolute atomic E-state index is 0.211. The van der Waals surface area contributed by atoms with Crippen molar-refractivity contribution in [3.05, 3.63) is 63.3 Å². The Morgan fingerprint density at radius 1 is 1.00 bits per heavy atom. The summed E-state index contributed by atoms with van der Waals surface area (Å²) in [6.07, 6.45) is 3.62. The van der Waals surface area contributed by atoms with Crippen molar-refractivity contribution in [1.29, 1.82) is 0 Å². The van der Waals surface area contributed by atoms with Crippen LogP contribution in [-0.4, -0.2) is 47.7 Å². The molecule has 3 aliphatic heterocycles. The zero-order chi connectivity index (χ0) is 20.7. The number of hydrogen-bond acceptors (Lipinski definition) is 4. The van der Waals surface area contributed by atoms with Crippen LogP contribution in [0.5, 0.6) is 5.75 Å².